The molecule has 0 bridgehead atoms. The Labute approximate surface area is 185 Å². The van der Waals surface area contributed by atoms with Crippen LogP contribution in [0, 0.1) is 5.92 Å². The van der Waals surface area contributed by atoms with Crippen LogP contribution >= 0.6 is 0 Å². The lowest BCUT2D eigenvalue weighted by Crippen LogP contribution is -2.31. The van der Waals surface area contributed by atoms with Gasteiger partial charge in [0.2, 0.25) is 17.7 Å². The van der Waals surface area contributed by atoms with Crippen LogP contribution in [0.5, 0.6) is 11.8 Å². The fourth-order valence-corrected chi connectivity index (χ4v) is 2.86. The van der Waals surface area contributed by atoms with Gasteiger partial charge in [0.1, 0.15) is 0 Å². The third kappa shape index (κ3) is 7.14. The maximum absolute atomic E-state index is 12.9. The number of aromatic nitrogens is 2. The van der Waals surface area contributed by atoms with Gasteiger partial charge in [0, 0.05) is 36.7 Å². The van der Waals surface area contributed by atoms with Crippen LogP contribution in [0.3, 0.4) is 0 Å². The van der Waals surface area contributed by atoms with Gasteiger partial charge < -0.3 is 20.1 Å². The monoisotopic (exact) mass is 450 g/mol. The van der Waals surface area contributed by atoms with Gasteiger partial charge in [-0.05, 0) is 25.1 Å². The summed E-state index contributed by atoms with van der Waals surface area (Å²) >= 11 is 0. The van der Waals surface area contributed by atoms with E-state index in [1.54, 1.807) is 45.2 Å². The van der Waals surface area contributed by atoms with E-state index < -0.39 is 19.1 Å². The molecule has 0 radical (unpaired) electrons. The number of nitrogens with zero attached hydrogens (tertiary/aromatic N) is 2. The Kier molecular flexibility index (Phi) is 9.30. The fraction of sp³-hybridized carbons (Fsp3) is 0.455. The molecule has 0 aliphatic heterocycles. The number of methoxy groups -OCH3 is 1. The number of nitrogens with one attached hydrogen (secondary N) is 2. The molecule has 0 saturated carbocycles. The van der Waals surface area contributed by atoms with E-state index in [4.69, 9.17) is 9.47 Å². The molecule has 1 unspecified atom stereocenters. The van der Waals surface area contributed by atoms with Crippen LogP contribution in [0.2, 0.25) is 0 Å². The summed E-state index contributed by atoms with van der Waals surface area (Å²) in [5.74, 6) is -0.384. The zero-order valence-corrected chi connectivity index (χ0v) is 18.5. The molecule has 8 nitrogen and oxygen atoms in total. The van der Waals surface area contributed by atoms with Gasteiger partial charge in [-0.25, -0.2) is 8.78 Å². The predicted octanol–water partition coefficient (Wildman–Crippen LogP) is 2.93. The number of alkyl halides is 2. The SMILES string of the molecule is COc1nc(OCC(F)F)ccc1C(C)NC(=O)c1cccnc1CCNC(=O)C(C)C. The van der Waals surface area contributed by atoms with Gasteiger partial charge in [-0.2, -0.15) is 4.98 Å². The quantitative estimate of drug-likeness (QED) is 0.546. The van der Waals surface area contributed by atoms with E-state index in [0.717, 1.165) is 0 Å². The van der Waals surface area contributed by atoms with E-state index in [-0.39, 0.29) is 29.5 Å². The number of hydrogen-bond donors (Lipinski definition) is 2. The van der Waals surface area contributed by atoms with Crippen LogP contribution in [-0.4, -0.2) is 48.5 Å². The Morgan fingerprint density at radius 1 is 1.16 bits per heavy atom. The van der Waals surface area contributed by atoms with E-state index >= 15 is 0 Å². The minimum absolute atomic E-state index is 0.00224. The lowest BCUT2D eigenvalue weighted by molar-refractivity contribution is -0.123. The maximum atomic E-state index is 12.9. The van der Waals surface area contributed by atoms with E-state index in [1.165, 1.54) is 13.2 Å². The molecule has 2 amide bonds. The van der Waals surface area contributed by atoms with E-state index in [1.807, 2.05) is 0 Å². The summed E-state index contributed by atoms with van der Waals surface area (Å²) in [4.78, 5) is 33.0. The predicted molar refractivity (Wildman–Crippen MR) is 114 cm³/mol. The second-order valence-electron chi connectivity index (χ2n) is 7.34. The molecule has 0 spiro atoms. The van der Waals surface area contributed by atoms with Crippen molar-refractivity contribution in [3.05, 3.63) is 47.3 Å². The van der Waals surface area contributed by atoms with Gasteiger partial charge in [-0.1, -0.05) is 13.8 Å². The highest BCUT2D eigenvalue weighted by atomic mass is 19.3. The molecule has 10 heteroatoms. The van der Waals surface area contributed by atoms with Crippen molar-refractivity contribution in [3.63, 3.8) is 0 Å². The van der Waals surface area contributed by atoms with Gasteiger partial charge in [0.15, 0.2) is 6.61 Å². The zero-order chi connectivity index (χ0) is 23.7. The molecule has 0 aliphatic rings. The first-order valence-corrected chi connectivity index (χ1v) is 10.2. The van der Waals surface area contributed by atoms with Crippen molar-refractivity contribution in [2.75, 3.05) is 20.3 Å². The highest BCUT2D eigenvalue weighted by molar-refractivity contribution is 5.95. The summed E-state index contributed by atoms with van der Waals surface area (Å²) in [7, 11) is 1.39. The molecule has 2 aromatic heterocycles. The summed E-state index contributed by atoms with van der Waals surface area (Å²) < 4.78 is 34.8. The van der Waals surface area contributed by atoms with Crippen LogP contribution in [-0.2, 0) is 11.2 Å². The second-order valence-corrected chi connectivity index (χ2v) is 7.34. The van der Waals surface area contributed by atoms with Crippen molar-refractivity contribution >= 4 is 11.8 Å². The topological polar surface area (TPSA) is 102 Å². The molecule has 32 heavy (non-hydrogen) atoms. The number of rotatable bonds is 11. The van der Waals surface area contributed by atoms with Crippen LogP contribution in [0.25, 0.3) is 0 Å². The van der Waals surface area contributed by atoms with Crippen molar-refractivity contribution in [3.8, 4) is 11.8 Å². The Hall–Kier alpha value is -3.30. The average molecular weight is 450 g/mol. The minimum atomic E-state index is -2.62. The summed E-state index contributed by atoms with van der Waals surface area (Å²) in [6.07, 6.45) is -0.629. The molecule has 2 heterocycles. The largest absolute Gasteiger partial charge is 0.481 e. The Bertz CT molecular complexity index is 925. The molecule has 0 saturated heterocycles. The van der Waals surface area contributed by atoms with E-state index in [9.17, 15) is 18.4 Å². The van der Waals surface area contributed by atoms with E-state index in [0.29, 0.717) is 29.8 Å². The molecule has 174 valence electrons. The van der Waals surface area contributed by atoms with Crippen molar-refractivity contribution in [2.24, 2.45) is 5.92 Å². The number of ether oxygens (including phenoxy) is 2. The van der Waals surface area contributed by atoms with Crippen molar-refractivity contribution in [1.82, 2.24) is 20.6 Å². The first-order valence-electron chi connectivity index (χ1n) is 10.2. The first-order chi connectivity index (χ1) is 15.2. The Morgan fingerprint density at radius 2 is 1.91 bits per heavy atom. The van der Waals surface area contributed by atoms with Gasteiger partial charge in [0.25, 0.3) is 12.3 Å². The first kappa shape index (κ1) is 25.0. The second kappa shape index (κ2) is 11.9. The number of amides is 2. The summed E-state index contributed by atoms with van der Waals surface area (Å²) in [6, 6.07) is 5.86. The minimum Gasteiger partial charge on any atom is -0.481 e. The molecule has 2 aromatic rings. The summed E-state index contributed by atoms with van der Waals surface area (Å²) in [5, 5.41) is 5.67. The molecule has 0 fully saturated rings. The number of carbonyl (C=O) groups is 2. The van der Waals surface area contributed by atoms with Crippen molar-refractivity contribution in [2.45, 2.75) is 39.7 Å². The highest BCUT2D eigenvalue weighted by Crippen LogP contribution is 2.26. The van der Waals surface area contributed by atoms with Crippen LogP contribution < -0.4 is 20.1 Å². The number of halogens is 2. The molecule has 2 N–H and O–H groups in total. The van der Waals surface area contributed by atoms with Crippen molar-refractivity contribution < 1.29 is 27.8 Å². The van der Waals surface area contributed by atoms with Gasteiger partial charge in [-0.3, -0.25) is 14.6 Å². The lowest BCUT2D eigenvalue weighted by atomic mass is 10.1. The molecule has 0 aliphatic carbocycles. The average Bonchev–Trinajstić information content (AvgIpc) is 2.77. The van der Waals surface area contributed by atoms with E-state index in [2.05, 4.69) is 20.6 Å². The third-order valence-electron chi connectivity index (χ3n) is 4.55. The standard InChI is InChI=1S/C22H28F2N4O4/c1-13(2)20(29)26-11-9-17-16(6-5-10-25-17)21(30)27-14(3)15-7-8-19(28-22(15)31-4)32-12-18(23)24/h5-8,10,13-14,18H,9,11-12H2,1-4H3,(H,26,29)(H,27,30). The molecule has 2 rings (SSSR count). The molecule has 0 aromatic carbocycles. The molecular weight excluding hydrogens is 422 g/mol. The van der Waals surface area contributed by atoms with Gasteiger partial charge >= 0.3 is 0 Å². The summed E-state index contributed by atoms with van der Waals surface area (Å²) in [5.41, 5.74) is 1.50. The normalized spacial score (nSPS) is 11.9. The third-order valence-corrected chi connectivity index (χ3v) is 4.55. The smallest absolute Gasteiger partial charge is 0.272 e. The lowest BCUT2D eigenvalue weighted by Gasteiger charge is -2.18. The van der Waals surface area contributed by atoms with Gasteiger partial charge in [0.05, 0.1) is 24.4 Å². The molecular formula is C22H28F2N4O4. The molecule has 1 atom stereocenters. The van der Waals surface area contributed by atoms with Crippen LogP contribution in [0.1, 0.15) is 48.4 Å². The van der Waals surface area contributed by atoms with Gasteiger partial charge in [-0.15, -0.1) is 0 Å². The number of pyridine rings is 2. The zero-order valence-electron chi connectivity index (χ0n) is 18.5. The number of carbonyl (C=O) groups excluding carboxylic acids is 2. The highest BCUT2D eigenvalue weighted by Gasteiger charge is 2.20. The summed E-state index contributed by atoms with van der Waals surface area (Å²) in [6.45, 7) is 4.94. The fourth-order valence-electron chi connectivity index (χ4n) is 2.86. The van der Waals surface area contributed by atoms with Crippen LogP contribution in [0.15, 0.2) is 30.5 Å². The number of hydrogen-bond acceptors (Lipinski definition) is 6. The maximum Gasteiger partial charge on any atom is 0.272 e. The Morgan fingerprint density at radius 3 is 2.56 bits per heavy atom. The van der Waals surface area contributed by atoms with Crippen molar-refractivity contribution in [1.29, 1.82) is 0 Å². The van der Waals surface area contributed by atoms with Crippen LogP contribution in [0.4, 0.5) is 8.78 Å². The Balaban J connectivity index is 2.08.